The maximum absolute atomic E-state index is 13.0. The van der Waals surface area contributed by atoms with Crippen molar-refractivity contribution < 1.29 is 9.18 Å². The molecule has 0 unspecified atom stereocenters. The summed E-state index contributed by atoms with van der Waals surface area (Å²) >= 11 is 1.71. The number of hydrogen-bond donors (Lipinski definition) is 0. The Labute approximate surface area is 155 Å². The number of carbonyl (C=O) groups excluding carboxylic acids is 1. The zero-order chi connectivity index (χ0) is 18.1. The normalized spacial score (nSPS) is 14.8. The molecular formula is C19H19FN4OS. The molecule has 0 saturated carbocycles. The Morgan fingerprint density at radius 2 is 1.88 bits per heavy atom. The number of thiophene rings is 1. The Balaban J connectivity index is 1.49. The highest BCUT2D eigenvalue weighted by Crippen LogP contribution is 2.31. The number of fused-ring (bicyclic) bond motifs is 1. The summed E-state index contributed by atoms with van der Waals surface area (Å²) in [7, 11) is 0. The number of rotatable bonds is 3. The monoisotopic (exact) mass is 370 g/mol. The number of aromatic nitrogens is 2. The van der Waals surface area contributed by atoms with Gasteiger partial charge in [0.1, 0.15) is 22.8 Å². The Kier molecular flexibility index (Phi) is 4.55. The summed E-state index contributed by atoms with van der Waals surface area (Å²) in [5.74, 6) is 0.558. The summed E-state index contributed by atoms with van der Waals surface area (Å²) < 4.78 is 13.0. The van der Waals surface area contributed by atoms with Gasteiger partial charge in [-0.15, -0.1) is 11.3 Å². The number of hydrogen-bond acceptors (Lipinski definition) is 5. The van der Waals surface area contributed by atoms with Crippen LogP contribution in [0.1, 0.15) is 22.2 Å². The van der Waals surface area contributed by atoms with E-state index < -0.39 is 0 Å². The molecule has 0 aliphatic carbocycles. The van der Waals surface area contributed by atoms with Crippen LogP contribution in [0.15, 0.2) is 36.7 Å². The van der Waals surface area contributed by atoms with E-state index in [0.717, 1.165) is 35.5 Å². The molecule has 0 atom stereocenters. The number of piperazine rings is 1. The van der Waals surface area contributed by atoms with Gasteiger partial charge >= 0.3 is 0 Å². The second-order valence-corrected chi connectivity index (χ2v) is 7.38. The molecule has 1 aliphatic heterocycles. The fourth-order valence-corrected chi connectivity index (χ4v) is 4.15. The molecule has 134 valence electrons. The molecule has 7 heteroatoms. The molecule has 0 bridgehead atoms. The predicted molar refractivity (Wildman–Crippen MR) is 101 cm³/mol. The van der Waals surface area contributed by atoms with Crippen LogP contribution in [0.25, 0.3) is 10.2 Å². The van der Waals surface area contributed by atoms with E-state index in [2.05, 4.69) is 27.9 Å². The van der Waals surface area contributed by atoms with Gasteiger partial charge in [-0.3, -0.25) is 4.79 Å². The molecule has 4 rings (SSSR count). The van der Waals surface area contributed by atoms with Crippen molar-refractivity contribution in [2.75, 3.05) is 31.1 Å². The average molecular weight is 370 g/mol. The quantitative estimate of drug-likeness (QED) is 0.709. The Bertz CT molecular complexity index is 932. The number of amides is 1. The van der Waals surface area contributed by atoms with Crippen LogP contribution < -0.4 is 4.90 Å². The zero-order valence-corrected chi connectivity index (χ0v) is 15.3. The van der Waals surface area contributed by atoms with Gasteiger partial charge in [0.25, 0.3) is 5.91 Å². The topological polar surface area (TPSA) is 49.3 Å². The molecule has 2 aromatic heterocycles. The Morgan fingerprint density at radius 3 is 2.58 bits per heavy atom. The SMILES string of the molecule is CCc1cc2c(N3CCN(C(=O)c4ccc(F)cc4)CC3)ncnc2s1. The fraction of sp³-hybridized carbons (Fsp3) is 0.316. The first kappa shape index (κ1) is 16.9. The highest BCUT2D eigenvalue weighted by molar-refractivity contribution is 7.18. The van der Waals surface area contributed by atoms with E-state index in [1.54, 1.807) is 17.7 Å². The first-order valence-electron chi connectivity index (χ1n) is 8.69. The molecule has 0 N–H and O–H groups in total. The van der Waals surface area contributed by atoms with Crippen molar-refractivity contribution in [1.82, 2.24) is 14.9 Å². The summed E-state index contributed by atoms with van der Waals surface area (Å²) in [6, 6.07) is 7.89. The largest absolute Gasteiger partial charge is 0.352 e. The Hall–Kier alpha value is -2.54. The zero-order valence-electron chi connectivity index (χ0n) is 14.5. The minimum Gasteiger partial charge on any atom is -0.352 e. The lowest BCUT2D eigenvalue weighted by Gasteiger charge is -2.35. The van der Waals surface area contributed by atoms with E-state index in [0.29, 0.717) is 18.7 Å². The van der Waals surface area contributed by atoms with Crippen LogP contribution in [-0.2, 0) is 6.42 Å². The van der Waals surface area contributed by atoms with Gasteiger partial charge in [0.2, 0.25) is 0 Å². The summed E-state index contributed by atoms with van der Waals surface area (Å²) in [4.78, 5) is 27.8. The van der Waals surface area contributed by atoms with E-state index in [1.807, 2.05) is 4.90 Å². The summed E-state index contributed by atoms with van der Waals surface area (Å²) in [6.45, 7) is 4.81. The number of anilines is 1. The molecular weight excluding hydrogens is 351 g/mol. The summed E-state index contributed by atoms with van der Waals surface area (Å²) in [5, 5.41) is 1.09. The van der Waals surface area contributed by atoms with E-state index in [-0.39, 0.29) is 11.7 Å². The van der Waals surface area contributed by atoms with Gasteiger partial charge in [0, 0.05) is 36.6 Å². The minimum absolute atomic E-state index is 0.0544. The molecule has 26 heavy (non-hydrogen) atoms. The minimum atomic E-state index is -0.332. The first-order valence-corrected chi connectivity index (χ1v) is 9.50. The first-order chi connectivity index (χ1) is 12.7. The lowest BCUT2D eigenvalue weighted by atomic mass is 10.1. The van der Waals surface area contributed by atoms with Crippen LogP contribution in [0.3, 0.4) is 0 Å². The molecule has 1 aromatic carbocycles. The van der Waals surface area contributed by atoms with Gasteiger partial charge < -0.3 is 9.80 Å². The molecule has 1 fully saturated rings. The van der Waals surface area contributed by atoms with E-state index >= 15 is 0 Å². The maximum Gasteiger partial charge on any atom is 0.253 e. The second kappa shape index (κ2) is 6.99. The molecule has 1 aliphatic rings. The van der Waals surface area contributed by atoms with Gasteiger partial charge in [-0.2, -0.15) is 0 Å². The number of carbonyl (C=O) groups is 1. The van der Waals surface area contributed by atoms with Crippen molar-refractivity contribution in [2.24, 2.45) is 0 Å². The number of benzene rings is 1. The smallest absolute Gasteiger partial charge is 0.253 e. The van der Waals surface area contributed by atoms with Crippen molar-refractivity contribution >= 4 is 33.3 Å². The average Bonchev–Trinajstić information content (AvgIpc) is 3.11. The number of aryl methyl sites for hydroxylation is 1. The van der Waals surface area contributed by atoms with Crippen LogP contribution >= 0.6 is 11.3 Å². The molecule has 5 nitrogen and oxygen atoms in total. The Morgan fingerprint density at radius 1 is 1.15 bits per heavy atom. The molecule has 3 aromatic rings. The second-order valence-electron chi connectivity index (χ2n) is 6.27. The predicted octanol–water partition coefficient (Wildman–Crippen LogP) is 3.36. The van der Waals surface area contributed by atoms with Gasteiger partial charge in [0.15, 0.2) is 0 Å². The number of halogens is 1. The molecule has 1 saturated heterocycles. The highest BCUT2D eigenvalue weighted by Gasteiger charge is 2.24. The molecule has 0 spiro atoms. The van der Waals surface area contributed by atoms with Crippen LogP contribution in [0.2, 0.25) is 0 Å². The van der Waals surface area contributed by atoms with E-state index in [9.17, 15) is 9.18 Å². The van der Waals surface area contributed by atoms with Gasteiger partial charge in [0.05, 0.1) is 5.39 Å². The third-order valence-electron chi connectivity index (χ3n) is 4.67. The molecule has 0 radical (unpaired) electrons. The number of nitrogens with zero attached hydrogens (tertiary/aromatic N) is 4. The third kappa shape index (κ3) is 3.14. The van der Waals surface area contributed by atoms with Gasteiger partial charge in [-0.05, 0) is 36.8 Å². The van der Waals surface area contributed by atoms with Crippen molar-refractivity contribution in [1.29, 1.82) is 0 Å². The summed E-state index contributed by atoms with van der Waals surface area (Å²) in [6.07, 6.45) is 2.60. The standard InChI is InChI=1S/C19H19FN4OS/c1-2-15-11-16-17(21-12-22-18(16)26-15)23-7-9-24(10-8-23)19(25)13-3-5-14(20)6-4-13/h3-6,11-12H,2,7-10H2,1H3. The molecule has 3 heterocycles. The van der Waals surface area contributed by atoms with Crippen molar-refractivity contribution in [3.63, 3.8) is 0 Å². The lowest BCUT2D eigenvalue weighted by molar-refractivity contribution is 0.0746. The van der Waals surface area contributed by atoms with Crippen LogP contribution in [-0.4, -0.2) is 47.0 Å². The van der Waals surface area contributed by atoms with Gasteiger partial charge in [-0.1, -0.05) is 6.92 Å². The van der Waals surface area contributed by atoms with Crippen LogP contribution in [0.5, 0.6) is 0 Å². The molecule has 1 amide bonds. The van der Waals surface area contributed by atoms with Crippen molar-refractivity contribution in [3.05, 3.63) is 52.9 Å². The maximum atomic E-state index is 13.0. The van der Waals surface area contributed by atoms with E-state index in [1.165, 1.54) is 29.1 Å². The third-order valence-corrected chi connectivity index (χ3v) is 5.85. The van der Waals surface area contributed by atoms with Crippen LogP contribution in [0.4, 0.5) is 10.2 Å². The highest BCUT2D eigenvalue weighted by atomic mass is 32.1. The lowest BCUT2D eigenvalue weighted by Crippen LogP contribution is -2.49. The van der Waals surface area contributed by atoms with E-state index in [4.69, 9.17) is 0 Å². The van der Waals surface area contributed by atoms with Gasteiger partial charge in [-0.25, -0.2) is 14.4 Å². The van der Waals surface area contributed by atoms with Crippen molar-refractivity contribution in [2.45, 2.75) is 13.3 Å². The fourth-order valence-electron chi connectivity index (χ4n) is 3.22. The summed E-state index contributed by atoms with van der Waals surface area (Å²) in [5.41, 5.74) is 0.523. The van der Waals surface area contributed by atoms with Crippen molar-refractivity contribution in [3.8, 4) is 0 Å². The van der Waals surface area contributed by atoms with Crippen LogP contribution in [0, 0.1) is 5.82 Å².